The number of imidazole rings is 1. The predicted molar refractivity (Wildman–Crippen MR) is 128 cm³/mol. The molecule has 0 radical (unpaired) electrons. The first-order valence-corrected chi connectivity index (χ1v) is 10.1. The van der Waals surface area contributed by atoms with Crippen molar-refractivity contribution in [3.8, 4) is 0 Å². The molecule has 0 aliphatic carbocycles. The fourth-order valence-corrected chi connectivity index (χ4v) is 3.08. The molecule has 0 atom stereocenters. The van der Waals surface area contributed by atoms with E-state index < -0.39 is 0 Å². The fraction of sp³-hybridized carbons (Fsp3) is 0.292. The zero-order valence-corrected chi connectivity index (χ0v) is 19.8. The van der Waals surface area contributed by atoms with E-state index in [-0.39, 0.29) is 18.3 Å². The molecule has 3 rings (SSSR count). The van der Waals surface area contributed by atoms with Gasteiger partial charge in [0.25, 0.3) is 0 Å². The summed E-state index contributed by atoms with van der Waals surface area (Å²) in [6.07, 6.45) is 7.62. The Balaban J connectivity index is 0.00000341. The molecule has 6 nitrogen and oxygen atoms in total. The van der Waals surface area contributed by atoms with Crippen LogP contribution >= 0.6 is 0 Å². The molecule has 31 heavy (non-hydrogen) atoms. The normalized spacial score (nSPS) is 11.3. The topological polar surface area (TPSA) is 41.1 Å². The lowest BCUT2D eigenvalue weighted by molar-refractivity contribution is -0.00000635. The van der Waals surface area contributed by atoms with E-state index in [0.717, 1.165) is 17.0 Å². The second-order valence-electron chi connectivity index (χ2n) is 7.96. The Morgan fingerprint density at radius 2 is 1.06 bits per heavy atom. The zero-order chi connectivity index (χ0) is 21.7. The monoisotopic (exact) mass is 438 g/mol. The van der Waals surface area contributed by atoms with Crippen LogP contribution in [0.5, 0.6) is 0 Å². The molecule has 0 spiro atoms. The highest BCUT2D eigenvalue weighted by Crippen LogP contribution is 2.17. The molecular formula is C24H31ClN6. The van der Waals surface area contributed by atoms with Gasteiger partial charge in [-0.25, -0.2) is 0 Å². The molecule has 1 aromatic heterocycles. The second-order valence-corrected chi connectivity index (χ2v) is 7.96. The number of anilines is 2. The lowest BCUT2D eigenvalue weighted by Gasteiger charge is -2.11. The summed E-state index contributed by atoms with van der Waals surface area (Å²) in [5.41, 5.74) is 4.45. The third kappa shape index (κ3) is 6.18. The summed E-state index contributed by atoms with van der Waals surface area (Å²) in [5, 5.41) is 9.31. The highest BCUT2D eigenvalue weighted by Gasteiger charge is 2.18. The average Bonchev–Trinajstić information content (AvgIpc) is 3.14. The average molecular weight is 439 g/mol. The maximum Gasteiger partial charge on any atom is 0.241 e. The first kappa shape index (κ1) is 24.2. The van der Waals surface area contributed by atoms with Crippen LogP contribution in [-0.4, -0.2) is 50.0 Å². The van der Waals surface area contributed by atoms with Gasteiger partial charge in [0.1, 0.15) is 0 Å². The minimum Gasteiger partial charge on any atom is -1.00 e. The third-order valence-electron chi connectivity index (χ3n) is 4.82. The van der Waals surface area contributed by atoms with E-state index in [1.165, 1.54) is 11.4 Å². The van der Waals surface area contributed by atoms with Gasteiger partial charge in [-0.2, -0.15) is 0 Å². The summed E-state index contributed by atoms with van der Waals surface area (Å²) in [6, 6.07) is 16.6. The highest BCUT2D eigenvalue weighted by molar-refractivity contribution is 5.81. The van der Waals surface area contributed by atoms with Gasteiger partial charge in [0.2, 0.25) is 5.82 Å². The SMILES string of the molecule is CC(C)[c+]1n(N=Cc2ccc(N(C)C)cc2)ccn1N=Cc1ccc(N(C)C)cc1.[Cl-]. The molecule has 164 valence electrons. The van der Waals surface area contributed by atoms with Gasteiger partial charge >= 0.3 is 0 Å². The van der Waals surface area contributed by atoms with Crippen LogP contribution in [0.2, 0.25) is 0 Å². The molecule has 0 fully saturated rings. The Labute approximate surface area is 191 Å². The molecule has 0 N–H and O–H groups in total. The number of rotatable bonds is 7. The number of benzene rings is 2. The van der Waals surface area contributed by atoms with Crippen LogP contribution < -0.4 is 22.2 Å². The summed E-state index contributed by atoms with van der Waals surface area (Å²) in [4.78, 5) is 4.16. The lowest BCUT2D eigenvalue weighted by Crippen LogP contribution is -3.00. The van der Waals surface area contributed by atoms with E-state index in [1.54, 1.807) is 0 Å². The first-order chi connectivity index (χ1) is 14.3. The number of halogens is 1. The molecule has 0 saturated carbocycles. The first-order valence-electron chi connectivity index (χ1n) is 10.1. The van der Waals surface area contributed by atoms with Crippen molar-refractivity contribution in [3.63, 3.8) is 0 Å². The Hall–Kier alpha value is -3.12. The van der Waals surface area contributed by atoms with Crippen molar-refractivity contribution < 1.29 is 12.4 Å². The van der Waals surface area contributed by atoms with Gasteiger partial charge in [-0.1, -0.05) is 24.3 Å². The van der Waals surface area contributed by atoms with Crippen molar-refractivity contribution in [2.24, 2.45) is 10.2 Å². The van der Waals surface area contributed by atoms with Gasteiger partial charge in [-0.15, -0.1) is 19.6 Å². The Kier molecular flexibility index (Phi) is 8.39. The quantitative estimate of drug-likeness (QED) is 0.415. The minimum atomic E-state index is 0. The van der Waals surface area contributed by atoms with Gasteiger partial charge in [-0.3, -0.25) is 0 Å². The smallest absolute Gasteiger partial charge is 0.241 e. The molecule has 7 heteroatoms. The van der Waals surface area contributed by atoms with Crippen molar-refractivity contribution in [2.45, 2.75) is 19.8 Å². The molecule has 0 unspecified atom stereocenters. The van der Waals surface area contributed by atoms with Crippen LogP contribution in [0.1, 0.15) is 36.7 Å². The maximum atomic E-state index is 4.66. The van der Waals surface area contributed by atoms with E-state index >= 15 is 0 Å². The van der Waals surface area contributed by atoms with E-state index in [1.807, 2.05) is 62.4 Å². The molecule has 1 heterocycles. The van der Waals surface area contributed by atoms with E-state index in [9.17, 15) is 0 Å². The van der Waals surface area contributed by atoms with Crippen LogP contribution in [0.3, 0.4) is 0 Å². The van der Waals surface area contributed by atoms with Gasteiger partial charge < -0.3 is 22.2 Å². The highest BCUT2D eigenvalue weighted by atomic mass is 35.5. The van der Waals surface area contributed by atoms with Crippen LogP contribution in [-0.2, 0) is 0 Å². The van der Waals surface area contributed by atoms with Crippen LogP contribution in [0.4, 0.5) is 11.4 Å². The van der Waals surface area contributed by atoms with Crippen molar-refractivity contribution in [1.82, 2.24) is 9.35 Å². The third-order valence-corrected chi connectivity index (χ3v) is 4.82. The minimum absolute atomic E-state index is 0. The van der Waals surface area contributed by atoms with Gasteiger partial charge in [0, 0.05) is 39.6 Å². The predicted octanol–water partition coefficient (Wildman–Crippen LogP) is 1.59. The molecular weight excluding hydrogens is 408 g/mol. The maximum absolute atomic E-state index is 4.66. The summed E-state index contributed by atoms with van der Waals surface area (Å²) >= 11 is 0. The van der Waals surface area contributed by atoms with E-state index in [2.05, 4.69) is 82.4 Å². The standard InChI is InChI=1S/C24H31N6.ClH/c1-19(2)24-29(25-17-20-7-11-22(12-8-20)27(3)4)15-16-30(24)26-18-21-9-13-23(14-10-21)28(5)6;/h7-19H,1-6H3;1H/q+1;/p-1. The Morgan fingerprint density at radius 1 is 0.710 bits per heavy atom. The lowest BCUT2D eigenvalue weighted by atomic mass is 10.2. The number of aromatic nitrogens is 2. The molecule has 3 aromatic rings. The summed E-state index contributed by atoms with van der Waals surface area (Å²) in [5.74, 6) is 1.28. The molecule has 0 saturated heterocycles. The number of hydrogen-bond acceptors (Lipinski definition) is 4. The Morgan fingerprint density at radius 3 is 1.35 bits per heavy atom. The van der Waals surface area contributed by atoms with E-state index in [0.29, 0.717) is 0 Å². The molecule has 2 aromatic carbocycles. The van der Waals surface area contributed by atoms with Gasteiger partial charge in [0.15, 0.2) is 12.4 Å². The van der Waals surface area contributed by atoms with Crippen LogP contribution in [0.25, 0.3) is 0 Å². The van der Waals surface area contributed by atoms with Crippen LogP contribution in [0, 0.1) is 0 Å². The molecule has 0 amide bonds. The molecule has 0 aliphatic heterocycles. The van der Waals surface area contributed by atoms with E-state index in [4.69, 9.17) is 0 Å². The Bertz CT molecular complexity index is 936. The van der Waals surface area contributed by atoms with Crippen molar-refractivity contribution in [3.05, 3.63) is 77.9 Å². The van der Waals surface area contributed by atoms with Crippen molar-refractivity contribution in [1.29, 1.82) is 0 Å². The number of nitrogens with zero attached hydrogens (tertiary/aromatic N) is 6. The fourth-order valence-electron chi connectivity index (χ4n) is 3.08. The largest absolute Gasteiger partial charge is 1.00 e. The summed E-state index contributed by atoms with van der Waals surface area (Å²) < 4.78 is 3.77. The van der Waals surface area contributed by atoms with Crippen molar-refractivity contribution in [2.75, 3.05) is 38.0 Å². The van der Waals surface area contributed by atoms with Crippen molar-refractivity contribution >= 4 is 23.8 Å². The second kappa shape index (κ2) is 10.8. The van der Waals surface area contributed by atoms with Crippen LogP contribution in [0.15, 0.2) is 71.1 Å². The zero-order valence-electron chi connectivity index (χ0n) is 19.1. The summed E-state index contributed by atoms with van der Waals surface area (Å²) in [6.45, 7) is 4.29. The number of hydrogen-bond donors (Lipinski definition) is 0. The van der Waals surface area contributed by atoms with Gasteiger partial charge in [-0.05, 0) is 49.2 Å². The molecule has 0 bridgehead atoms. The van der Waals surface area contributed by atoms with Gasteiger partial charge in [0.05, 0.1) is 18.3 Å². The summed E-state index contributed by atoms with van der Waals surface area (Å²) in [7, 11) is 8.14. The molecule has 0 aliphatic rings.